The summed E-state index contributed by atoms with van der Waals surface area (Å²) in [6.45, 7) is 8.86. The number of hydrogen-bond acceptors (Lipinski definition) is 4. The summed E-state index contributed by atoms with van der Waals surface area (Å²) in [5, 5.41) is 0. The lowest BCUT2D eigenvalue weighted by Crippen LogP contribution is -2.11. The lowest BCUT2D eigenvalue weighted by molar-refractivity contribution is -0.492. The lowest BCUT2D eigenvalue weighted by Gasteiger charge is -2.10. The summed E-state index contributed by atoms with van der Waals surface area (Å²) in [5.41, 5.74) is 4.07. The third-order valence-electron chi connectivity index (χ3n) is 3.93. The van der Waals surface area contributed by atoms with Crippen LogP contribution < -0.4 is 0 Å². The van der Waals surface area contributed by atoms with Gasteiger partial charge >= 0.3 is 15.6 Å². The molecule has 1 unspecified atom stereocenters. The maximum atomic E-state index is 11.3. The average Bonchev–Trinajstić information content (AvgIpc) is 2.51. The molecule has 0 aliphatic heterocycles. The van der Waals surface area contributed by atoms with Gasteiger partial charge in [-0.15, -0.1) is 0 Å². The second-order valence-electron chi connectivity index (χ2n) is 7.25. The van der Waals surface area contributed by atoms with E-state index in [1.165, 1.54) is 22.9 Å². The van der Waals surface area contributed by atoms with Crippen molar-refractivity contribution in [3.05, 3.63) is 34.9 Å². The van der Waals surface area contributed by atoms with E-state index >= 15 is 0 Å². The van der Waals surface area contributed by atoms with E-state index in [1.807, 2.05) is 0 Å². The van der Waals surface area contributed by atoms with E-state index in [1.54, 1.807) is 11.6 Å². The molecule has 3 N–H and O–H groups in total. The molecule has 8 nitrogen and oxygen atoms in total. The minimum Gasteiger partial charge on any atom is -0.302 e. The minimum atomic E-state index is -5.09. The summed E-state index contributed by atoms with van der Waals surface area (Å²) in [4.78, 5) is 26.2. The van der Waals surface area contributed by atoms with Gasteiger partial charge in [0.1, 0.15) is 20.2 Å². The molecule has 0 saturated heterocycles. The van der Waals surface area contributed by atoms with Gasteiger partial charge in [0.25, 0.3) is 0 Å². The Morgan fingerprint density at radius 1 is 0.897 bits per heavy atom. The van der Waals surface area contributed by atoms with Crippen LogP contribution in [0.5, 0.6) is 0 Å². The van der Waals surface area contributed by atoms with Crippen molar-refractivity contribution in [2.45, 2.75) is 59.8 Å². The predicted molar refractivity (Wildman–Crippen MR) is 116 cm³/mol. The van der Waals surface area contributed by atoms with Crippen LogP contribution >= 0.6 is 15.6 Å². The number of nitrogens with zero attached hydrogens (tertiary/aromatic N) is 1. The Labute approximate surface area is 174 Å². The fraction of sp³-hybridized carbons (Fsp3) is 0.632. The SMILES string of the molecule is CC(C)=CCC/C(C)=C/CC/C(C)=C/CC[N+](C)=CCOP(=O)(O)OP(=O)(O)O. The van der Waals surface area contributed by atoms with E-state index in [4.69, 9.17) is 14.7 Å². The minimum absolute atomic E-state index is 0.302. The Hall–Kier alpha value is -0.850. The molecule has 0 spiro atoms. The fourth-order valence-corrected chi connectivity index (χ4v) is 3.88. The first kappa shape index (κ1) is 28.1. The first-order chi connectivity index (χ1) is 13.3. The second kappa shape index (κ2) is 14.2. The third-order valence-corrected chi connectivity index (χ3v) is 6.08. The topological polar surface area (TPSA) is 116 Å². The summed E-state index contributed by atoms with van der Waals surface area (Å²) < 4.78 is 31.8. The van der Waals surface area contributed by atoms with E-state index in [0.29, 0.717) is 6.54 Å². The van der Waals surface area contributed by atoms with Crippen LogP contribution in [0.3, 0.4) is 0 Å². The van der Waals surface area contributed by atoms with Gasteiger partial charge in [-0.25, -0.2) is 13.7 Å². The van der Waals surface area contributed by atoms with Gasteiger partial charge < -0.3 is 14.7 Å². The molecular weight excluding hydrogens is 416 g/mol. The zero-order chi connectivity index (χ0) is 22.5. The van der Waals surface area contributed by atoms with Crippen LogP contribution in [0, 0.1) is 0 Å². The first-order valence-corrected chi connectivity index (χ1v) is 12.6. The number of phosphoric ester groups is 1. The molecule has 0 amide bonds. The monoisotopic (exact) mass is 452 g/mol. The zero-order valence-corrected chi connectivity index (χ0v) is 19.9. The van der Waals surface area contributed by atoms with E-state index < -0.39 is 15.6 Å². The smallest absolute Gasteiger partial charge is 0.302 e. The number of hydrogen-bond donors (Lipinski definition) is 3. The van der Waals surface area contributed by atoms with Crippen molar-refractivity contribution in [3.63, 3.8) is 0 Å². The molecule has 0 saturated carbocycles. The van der Waals surface area contributed by atoms with Gasteiger partial charge in [-0.1, -0.05) is 34.9 Å². The third kappa shape index (κ3) is 18.9. The van der Waals surface area contributed by atoms with Crippen molar-refractivity contribution in [2.24, 2.45) is 0 Å². The molecule has 0 heterocycles. The molecule has 1 atom stereocenters. The van der Waals surface area contributed by atoms with Crippen LogP contribution in [0.4, 0.5) is 0 Å². The largest absolute Gasteiger partial charge is 0.481 e. The molecular formula is C19H36NO7P2+. The van der Waals surface area contributed by atoms with Crippen molar-refractivity contribution in [2.75, 3.05) is 20.2 Å². The summed E-state index contributed by atoms with van der Waals surface area (Å²) >= 11 is 0. The van der Waals surface area contributed by atoms with Crippen molar-refractivity contribution in [3.8, 4) is 0 Å². The highest BCUT2D eigenvalue weighted by atomic mass is 31.3. The highest BCUT2D eigenvalue weighted by Crippen LogP contribution is 2.57. The molecule has 0 aromatic carbocycles. The summed E-state index contributed by atoms with van der Waals surface area (Å²) in [6, 6.07) is 0. The summed E-state index contributed by atoms with van der Waals surface area (Å²) in [6.07, 6.45) is 13.2. The Balaban J connectivity index is 4.20. The van der Waals surface area contributed by atoms with E-state index in [0.717, 1.165) is 32.1 Å². The molecule has 0 aliphatic carbocycles. The molecule has 0 aromatic heterocycles. The van der Waals surface area contributed by atoms with Gasteiger partial charge in [0, 0.05) is 6.42 Å². The van der Waals surface area contributed by atoms with Crippen molar-refractivity contribution in [1.82, 2.24) is 0 Å². The normalized spacial score (nSPS) is 15.9. The number of phosphoric acid groups is 2. The van der Waals surface area contributed by atoms with Crippen LogP contribution in [0.2, 0.25) is 0 Å². The van der Waals surface area contributed by atoms with Crippen molar-refractivity contribution >= 4 is 21.9 Å². The van der Waals surface area contributed by atoms with Crippen LogP contribution in [-0.2, 0) is 18.0 Å². The fourth-order valence-electron chi connectivity index (χ4n) is 2.36. The quantitative estimate of drug-likeness (QED) is 0.151. The average molecular weight is 452 g/mol. The van der Waals surface area contributed by atoms with Gasteiger partial charge in [0.05, 0.1) is 0 Å². The summed E-state index contributed by atoms with van der Waals surface area (Å²) in [7, 11) is -8.10. The molecule has 0 aromatic rings. The van der Waals surface area contributed by atoms with Gasteiger partial charge in [-0.2, -0.15) is 4.31 Å². The number of allylic oxidation sites excluding steroid dienone is 5. The Morgan fingerprint density at radius 2 is 1.41 bits per heavy atom. The van der Waals surface area contributed by atoms with Gasteiger partial charge in [0.2, 0.25) is 0 Å². The molecule has 0 fully saturated rings. The first-order valence-electron chi connectivity index (χ1n) is 9.53. The number of rotatable bonds is 14. The van der Waals surface area contributed by atoms with Crippen LogP contribution in [0.1, 0.15) is 59.8 Å². The molecule has 168 valence electrons. The van der Waals surface area contributed by atoms with Crippen molar-refractivity contribution in [1.29, 1.82) is 0 Å². The molecule has 0 radical (unpaired) electrons. The van der Waals surface area contributed by atoms with E-state index in [9.17, 15) is 9.13 Å². The van der Waals surface area contributed by atoms with Crippen molar-refractivity contribution < 1.29 is 37.2 Å². The molecule has 29 heavy (non-hydrogen) atoms. The second-order valence-corrected chi connectivity index (χ2v) is 10.1. The maximum Gasteiger partial charge on any atom is 0.481 e. The maximum absolute atomic E-state index is 11.3. The lowest BCUT2D eigenvalue weighted by atomic mass is 10.1. The molecule has 10 heteroatoms. The molecule has 0 aliphatic rings. The van der Waals surface area contributed by atoms with Gasteiger partial charge in [0.15, 0.2) is 6.21 Å². The van der Waals surface area contributed by atoms with Gasteiger partial charge in [-0.3, -0.25) is 4.52 Å². The van der Waals surface area contributed by atoms with Gasteiger partial charge in [-0.05, 0) is 53.4 Å². The Morgan fingerprint density at radius 3 is 1.93 bits per heavy atom. The zero-order valence-electron chi connectivity index (χ0n) is 18.1. The highest BCUT2D eigenvalue weighted by molar-refractivity contribution is 7.60. The van der Waals surface area contributed by atoms with E-state index in [-0.39, 0.29) is 6.61 Å². The van der Waals surface area contributed by atoms with E-state index in [2.05, 4.69) is 54.8 Å². The van der Waals surface area contributed by atoms with Crippen LogP contribution in [0.15, 0.2) is 34.9 Å². The van der Waals surface area contributed by atoms with Crippen LogP contribution in [-0.4, -0.2) is 45.7 Å². The molecule has 0 rings (SSSR count). The Bertz CT molecular complexity index is 716. The van der Waals surface area contributed by atoms with Crippen LogP contribution in [0.25, 0.3) is 0 Å². The predicted octanol–water partition coefficient (Wildman–Crippen LogP) is 4.74. The Kier molecular flexibility index (Phi) is 13.8. The summed E-state index contributed by atoms with van der Waals surface area (Å²) in [5.74, 6) is 0. The highest BCUT2D eigenvalue weighted by Gasteiger charge is 2.32. The standard InChI is InChI=1S/C19H35NO7P2/c1-17(2)9-6-10-18(3)11-7-12-19(4)13-8-14-20(5)15-16-26-29(24,25)27-28(21,22)23/h9,11,13,15H,6-8,10,12,14,16H2,1-5H3,(H2-,21,22,23,24,25)/p+1/b18-11+,19-13+,20-15?. The molecule has 0 bridgehead atoms.